The molecule has 5 heteroatoms. The third-order valence-electron chi connectivity index (χ3n) is 3.36. The fourth-order valence-electron chi connectivity index (χ4n) is 2.40. The molecule has 1 unspecified atom stereocenters. The third-order valence-corrected chi connectivity index (χ3v) is 3.36. The van der Waals surface area contributed by atoms with E-state index < -0.39 is 5.97 Å². The maximum atomic E-state index is 11.7. The minimum atomic E-state index is -1.08. The first-order chi connectivity index (χ1) is 8.58. The van der Waals surface area contributed by atoms with Gasteiger partial charge >= 0.3 is 5.97 Å². The van der Waals surface area contributed by atoms with E-state index >= 15 is 0 Å². The van der Waals surface area contributed by atoms with Crippen molar-refractivity contribution < 1.29 is 14.7 Å². The second kappa shape index (κ2) is 5.16. The van der Waals surface area contributed by atoms with Crippen molar-refractivity contribution in [1.82, 2.24) is 4.98 Å². The highest BCUT2D eigenvalue weighted by Gasteiger charge is 2.24. The topological polar surface area (TPSA) is 87.2 Å². The van der Waals surface area contributed by atoms with Gasteiger partial charge in [-0.3, -0.25) is 9.59 Å². The van der Waals surface area contributed by atoms with Gasteiger partial charge in [-0.25, -0.2) is 4.79 Å². The number of hydrogen-bond acceptors (Lipinski definition) is 3. The lowest BCUT2D eigenvalue weighted by atomic mass is 9.84. The van der Waals surface area contributed by atoms with Crippen LogP contribution in [0.5, 0.6) is 0 Å². The number of H-pyrrole nitrogens is 1. The summed E-state index contributed by atoms with van der Waals surface area (Å²) in [5, 5.41) is 9.04. The molecule has 5 nitrogen and oxygen atoms in total. The van der Waals surface area contributed by atoms with Gasteiger partial charge in [0.25, 0.3) is 0 Å². The minimum Gasteiger partial charge on any atom is -0.478 e. The molecule has 18 heavy (non-hydrogen) atoms. The molecule has 0 saturated heterocycles. The van der Waals surface area contributed by atoms with Crippen LogP contribution in [0.1, 0.15) is 41.7 Å². The van der Waals surface area contributed by atoms with Crippen LogP contribution in [0.25, 0.3) is 0 Å². The van der Waals surface area contributed by atoms with Crippen molar-refractivity contribution in [2.24, 2.45) is 5.92 Å². The average molecular weight is 249 g/mol. The summed E-state index contributed by atoms with van der Waals surface area (Å²) in [6.45, 7) is 0. The van der Waals surface area contributed by atoms with Crippen molar-refractivity contribution in [1.29, 1.82) is 0 Å². The first kappa shape index (κ1) is 12.5. The van der Waals surface area contributed by atoms with Crippen molar-refractivity contribution in [2.75, 3.05) is 0 Å². The second-order valence-electron chi connectivity index (χ2n) is 4.63. The summed E-state index contributed by atoms with van der Waals surface area (Å²) in [7, 11) is 0. The van der Waals surface area contributed by atoms with Crippen molar-refractivity contribution in [2.45, 2.75) is 32.1 Å². The quantitative estimate of drug-likeness (QED) is 0.847. The summed E-state index contributed by atoms with van der Waals surface area (Å²) < 4.78 is 0. The molecule has 1 aliphatic carbocycles. The molecule has 1 fully saturated rings. The third kappa shape index (κ3) is 2.67. The first-order valence-electron chi connectivity index (χ1n) is 6.06. The highest BCUT2D eigenvalue weighted by molar-refractivity contribution is 5.89. The standard InChI is InChI=1S/C13H15NO4/c15-11-4-2-1-3-8(11)7-10-9(13(17)18)5-6-12(16)14-10/h5-6,8H,1-4,7H2,(H,14,16)(H,17,18). The van der Waals surface area contributed by atoms with E-state index in [1.54, 1.807) is 0 Å². The predicted octanol–water partition coefficient (Wildman–Crippen LogP) is 1.37. The second-order valence-corrected chi connectivity index (χ2v) is 4.63. The zero-order chi connectivity index (χ0) is 13.1. The maximum absolute atomic E-state index is 11.7. The summed E-state index contributed by atoms with van der Waals surface area (Å²) >= 11 is 0. The monoisotopic (exact) mass is 249 g/mol. The Morgan fingerprint density at radius 1 is 1.33 bits per heavy atom. The van der Waals surface area contributed by atoms with Gasteiger partial charge in [0.15, 0.2) is 0 Å². The van der Waals surface area contributed by atoms with Crippen LogP contribution in [0.15, 0.2) is 16.9 Å². The molecule has 2 rings (SSSR count). The maximum Gasteiger partial charge on any atom is 0.337 e. The van der Waals surface area contributed by atoms with Gasteiger partial charge in [-0.05, 0) is 25.3 Å². The van der Waals surface area contributed by atoms with Crippen molar-refractivity contribution in [3.63, 3.8) is 0 Å². The van der Waals surface area contributed by atoms with Crippen LogP contribution in [-0.4, -0.2) is 21.8 Å². The normalized spacial score (nSPS) is 19.8. The van der Waals surface area contributed by atoms with Crippen LogP contribution in [0.2, 0.25) is 0 Å². The van der Waals surface area contributed by atoms with Gasteiger partial charge in [0.1, 0.15) is 5.78 Å². The molecule has 1 saturated carbocycles. The van der Waals surface area contributed by atoms with E-state index in [0.29, 0.717) is 18.5 Å². The van der Waals surface area contributed by atoms with Crippen LogP contribution in [0.3, 0.4) is 0 Å². The molecule has 0 aromatic carbocycles. The summed E-state index contributed by atoms with van der Waals surface area (Å²) in [6, 6.07) is 2.49. The van der Waals surface area contributed by atoms with Gasteiger partial charge in [-0.15, -0.1) is 0 Å². The largest absolute Gasteiger partial charge is 0.478 e. The number of hydrogen-bond donors (Lipinski definition) is 2. The molecular formula is C13H15NO4. The fourth-order valence-corrected chi connectivity index (χ4v) is 2.40. The highest BCUT2D eigenvalue weighted by atomic mass is 16.4. The molecule has 1 aromatic rings. The van der Waals surface area contributed by atoms with Crippen LogP contribution < -0.4 is 5.56 Å². The van der Waals surface area contributed by atoms with Crippen LogP contribution in [0, 0.1) is 5.92 Å². The Morgan fingerprint density at radius 3 is 2.78 bits per heavy atom. The lowest BCUT2D eigenvalue weighted by Crippen LogP contribution is -2.24. The number of aromatic amines is 1. The van der Waals surface area contributed by atoms with E-state index in [2.05, 4.69) is 4.98 Å². The van der Waals surface area contributed by atoms with Gasteiger partial charge in [0.2, 0.25) is 5.56 Å². The molecule has 1 aliphatic rings. The zero-order valence-electron chi connectivity index (χ0n) is 9.94. The van der Waals surface area contributed by atoms with Gasteiger partial charge in [0, 0.05) is 24.1 Å². The molecule has 1 heterocycles. The Labute approximate surface area is 104 Å². The molecule has 96 valence electrons. The number of carboxylic acids is 1. The molecule has 0 bridgehead atoms. The predicted molar refractivity (Wildman–Crippen MR) is 64.7 cm³/mol. The molecule has 0 radical (unpaired) electrons. The Morgan fingerprint density at radius 2 is 2.11 bits per heavy atom. The molecule has 1 atom stereocenters. The van der Waals surface area contributed by atoms with E-state index in [-0.39, 0.29) is 22.8 Å². The van der Waals surface area contributed by atoms with Crippen molar-refractivity contribution in [3.8, 4) is 0 Å². The number of rotatable bonds is 3. The number of carbonyl (C=O) groups excluding carboxylic acids is 1. The van der Waals surface area contributed by atoms with E-state index in [0.717, 1.165) is 19.3 Å². The summed E-state index contributed by atoms with van der Waals surface area (Å²) in [6.07, 6.45) is 3.54. The van der Waals surface area contributed by atoms with Gasteiger partial charge in [0.05, 0.1) is 5.56 Å². The SMILES string of the molecule is O=C(O)c1ccc(=O)[nH]c1CC1CCCCC1=O. The van der Waals surface area contributed by atoms with Crippen LogP contribution in [0.4, 0.5) is 0 Å². The molecule has 0 amide bonds. The average Bonchev–Trinajstić information content (AvgIpc) is 2.32. The van der Waals surface area contributed by atoms with Crippen molar-refractivity contribution in [3.05, 3.63) is 33.7 Å². The summed E-state index contributed by atoms with van der Waals surface area (Å²) in [5.74, 6) is -1.07. The highest BCUT2D eigenvalue weighted by Crippen LogP contribution is 2.24. The van der Waals surface area contributed by atoms with Crippen LogP contribution >= 0.6 is 0 Å². The number of aromatic nitrogens is 1. The number of nitrogens with one attached hydrogen (secondary N) is 1. The number of aromatic carboxylic acids is 1. The van der Waals surface area contributed by atoms with E-state index in [4.69, 9.17) is 5.11 Å². The zero-order valence-corrected chi connectivity index (χ0v) is 9.94. The summed E-state index contributed by atoms with van der Waals surface area (Å²) in [5.41, 5.74) is 0.0986. The molecule has 2 N–H and O–H groups in total. The Balaban J connectivity index is 2.27. The number of ketones is 1. The smallest absolute Gasteiger partial charge is 0.337 e. The summed E-state index contributed by atoms with van der Waals surface area (Å²) in [4.78, 5) is 36.6. The lowest BCUT2D eigenvalue weighted by molar-refractivity contribution is -0.124. The number of Topliss-reactive ketones (excluding diaryl/α,β-unsaturated/α-hetero) is 1. The minimum absolute atomic E-state index is 0.0768. The van der Waals surface area contributed by atoms with E-state index in [1.807, 2.05) is 0 Å². The lowest BCUT2D eigenvalue weighted by Gasteiger charge is -2.20. The fraction of sp³-hybridized carbons (Fsp3) is 0.462. The molecule has 1 aromatic heterocycles. The number of pyridine rings is 1. The van der Waals surface area contributed by atoms with Crippen LogP contribution in [-0.2, 0) is 11.2 Å². The van der Waals surface area contributed by atoms with E-state index in [9.17, 15) is 14.4 Å². The van der Waals surface area contributed by atoms with Gasteiger partial charge < -0.3 is 10.1 Å². The Bertz CT molecular complexity index is 532. The Hall–Kier alpha value is -1.91. The number of carboxylic acid groups (broad SMARTS) is 1. The molecule has 0 spiro atoms. The molecular weight excluding hydrogens is 234 g/mol. The molecule has 0 aliphatic heterocycles. The number of carbonyl (C=O) groups is 2. The Kier molecular flexibility index (Phi) is 3.60. The van der Waals surface area contributed by atoms with Gasteiger partial charge in [-0.2, -0.15) is 0 Å². The van der Waals surface area contributed by atoms with Crippen molar-refractivity contribution >= 4 is 11.8 Å². The van der Waals surface area contributed by atoms with E-state index in [1.165, 1.54) is 12.1 Å². The van der Waals surface area contributed by atoms with Gasteiger partial charge in [-0.1, -0.05) is 6.42 Å². The first-order valence-corrected chi connectivity index (χ1v) is 6.06.